The topological polar surface area (TPSA) is 61.8 Å². The summed E-state index contributed by atoms with van der Waals surface area (Å²) in [6.45, 7) is 6.40. The van der Waals surface area contributed by atoms with Crippen molar-refractivity contribution in [2.45, 2.75) is 51.0 Å². The molecule has 7 nitrogen and oxygen atoms in total. The molecule has 0 radical (unpaired) electrons. The molecule has 2 unspecified atom stereocenters. The number of amides is 1. The second kappa shape index (κ2) is 10.5. The molecule has 1 amide bonds. The third-order valence-corrected chi connectivity index (χ3v) is 7.24. The number of aromatic nitrogens is 2. The quantitative estimate of drug-likeness (QED) is 0.682. The minimum absolute atomic E-state index is 0.105. The standard InChI is InChI=1S/C23H37N5O2/c1-30-17-16-28(18-20-6-4-13-26-12-3-2-7-21(20)26)22(29)19-8-14-27(15-9-19)23-24-10-5-11-25-23/h5,10-11,19-21H,2-4,6-9,12-18H2,1H3. The van der Waals surface area contributed by atoms with Crippen LogP contribution >= 0.6 is 0 Å². The Hall–Kier alpha value is -1.73. The summed E-state index contributed by atoms with van der Waals surface area (Å²) in [5.41, 5.74) is 0. The van der Waals surface area contributed by atoms with Gasteiger partial charge in [-0.25, -0.2) is 9.97 Å². The van der Waals surface area contributed by atoms with Crippen molar-refractivity contribution < 1.29 is 9.53 Å². The van der Waals surface area contributed by atoms with E-state index in [2.05, 4.69) is 24.7 Å². The average molecular weight is 416 g/mol. The zero-order chi connectivity index (χ0) is 20.8. The summed E-state index contributed by atoms with van der Waals surface area (Å²) in [6, 6.07) is 2.51. The summed E-state index contributed by atoms with van der Waals surface area (Å²) in [5, 5.41) is 0. The van der Waals surface area contributed by atoms with Gasteiger partial charge < -0.3 is 19.4 Å². The molecule has 3 fully saturated rings. The summed E-state index contributed by atoms with van der Waals surface area (Å²) in [7, 11) is 1.73. The Labute approximate surface area is 180 Å². The lowest BCUT2D eigenvalue weighted by Gasteiger charge is -2.46. The van der Waals surface area contributed by atoms with Gasteiger partial charge >= 0.3 is 0 Å². The van der Waals surface area contributed by atoms with Crippen LogP contribution in [0.3, 0.4) is 0 Å². The lowest BCUT2D eigenvalue weighted by molar-refractivity contribution is -0.138. The van der Waals surface area contributed by atoms with E-state index >= 15 is 0 Å². The van der Waals surface area contributed by atoms with Crippen molar-refractivity contribution in [3.05, 3.63) is 18.5 Å². The molecule has 2 atom stereocenters. The first-order valence-electron chi connectivity index (χ1n) is 11.8. The maximum atomic E-state index is 13.5. The summed E-state index contributed by atoms with van der Waals surface area (Å²) < 4.78 is 5.35. The molecule has 4 heterocycles. The highest BCUT2D eigenvalue weighted by molar-refractivity contribution is 5.79. The summed E-state index contributed by atoms with van der Waals surface area (Å²) in [5.74, 6) is 1.82. The molecule has 166 valence electrons. The Morgan fingerprint density at radius 3 is 2.60 bits per heavy atom. The maximum Gasteiger partial charge on any atom is 0.225 e. The van der Waals surface area contributed by atoms with E-state index in [9.17, 15) is 4.79 Å². The first-order chi connectivity index (χ1) is 14.8. The Kier molecular flexibility index (Phi) is 7.55. The molecule has 30 heavy (non-hydrogen) atoms. The van der Waals surface area contributed by atoms with E-state index in [1.807, 2.05) is 6.07 Å². The molecule has 1 aromatic heterocycles. The van der Waals surface area contributed by atoms with Gasteiger partial charge in [0.15, 0.2) is 0 Å². The maximum absolute atomic E-state index is 13.5. The van der Waals surface area contributed by atoms with Crippen molar-refractivity contribution >= 4 is 11.9 Å². The fourth-order valence-corrected chi connectivity index (χ4v) is 5.61. The van der Waals surface area contributed by atoms with Gasteiger partial charge in [-0.1, -0.05) is 6.42 Å². The van der Waals surface area contributed by atoms with Crippen molar-refractivity contribution in [2.24, 2.45) is 11.8 Å². The van der Waals surface area contributed by atoms with Gasteiger partial charge in [-0.05, 0) is 63.6 Å². The van der Waals surface area contributed by atoms with Gasteiger partial charge in [0.1, 0.15) is 0 Å². The van der Waals surface area contributed by atoms with Gasteiger partial charge in [0, 0.05) is 57.6 Å². The molecule has 0 N–H and O–H groups in total. The van der Waals surface area contributed by atoms with E-state index in [1.165, 1.54) is 45.2 Å². The first kappa shape index (κ1) is 21.5. The third-order valence-electron chi connectivity index (χ3n) is 7.24. The summed E-state index contributed by atoms with van der Waals surface area (Å²) >= 11 is 0. The molecule has 3 aliphatic rings. The fraction of sp³-hybridized carbons (Fsp3) is 0.783. The Balaban J connectivity index is 1.36. The number of carbonyl (C=O) groups is 1. The summed E-state index contributed by atoms with van der Waals surface area (Å²) in [6.07, 6.45) is 11.8. The van der Waals surface area contributed by atoms with E-state index in [0.717, 1.165) is 38.4 Å². The zero-order valence-corrected chi connectivity index (χ0v) is 18.4. The van der Waals surface area contributed by atoms with Gasteiger partial charge in [0.05, 0.1) is 6.61 Å². The van der Waals surface area contributed by atoms with Crippen molar-refractivity contribution in [3.63, 3.8) is 0 Å². The molecule has 0 spiro atoms. The fourth-order valence-electron chi connectivity index (χ4n) is 5.61. The van der Waals surface area contributed by atoms with Crippen molar-refractivity contribution in [2.75, 3.05) is 57.9 Å². The number of anilines is 1. The van der Waals surface area contributed by atoms with Crippen molar-refractivity contribution in [1.82, 2.24) is 19.8 Å². The van der Waals surface area contributed by atoms with E-state index in [0.29, 0.717) is 31.0 Å². The number of piperidine rings is 3. The Bertz CT molecular complexity index is 663. The van der Waals surface area contributed by atoms with E-state index in [1.54, 1.807) is 19.5 Å². The second-order valence-electron chi connectivity index (χ2n) is 9.09. The normalized spacial score (nSPS) is 25.7. The third kappa shape index (κ3) is 5.11. The molecular formula is C23H37N5O2. The number of hydrogen-bond acceptors (Lipinski definition) is 6. The number of rotatable bonds is 7. The number of fused-ring (bicyclic) bond motifs is 1. The minimum atomic E-state index is 0.105. The lowest BCUT2D eigenvalue weighted by atomic mass is 9.83. The van der Waals surface area contributed by atoms with Crippen LogP contribution in [0.4, 0.5) is 5.95 Å². The second-order valence-corrected chi connectivity index (χ2v) is 9.09. The molecule has 0 bridgehead atoms. The van der Waals surface area contributed by atoms with Crippen molar-refractivity contribution in [3.8, 4) is 0 Å². The molecule has 4 rings (SSSR count). The highest BCUT2D eigenvalue weighted by atomic mass is 16.5. The highest BCUT2D eigenvalue weighted by Crippen LogP contribution is 2.32. The van der Waals surface area contributed by atoms with Gasteiger partial charge in [-0.2, -0.15) is 0 Å². The number of carbonyl (C=O) groups excluding carboxylic acids is 1. The van der Waals surface area contributed by atoms with Gasteiger partial charge in [0.2, 0.25) is 11.9 Å². The van der Waals surface area contributed by atoms with E-state index < -0.39 is 0 Å². The highest BCUT2D eigenvalue weighted by Gasteiger charge is 2.36. The minimum Gasteiger partial charge on any atom is -0.383 e. The molecule has 0 aliphatic carbocycles. The van der Waals surface area contributed by atoms with Crippen LogP contribution in [0, 0.1) is 11.8 Å². The monoisotopic (exact) mass is 415 g/mol. The van der Waals surface area contributed by atoms with Crippen LogP contribution in [0.15, 0.2) is 18.5 Å². The predicted molar refractivity (Wildman–Crippen MR) is 117 cm³/mol. The van der Waals surface area contributed by atoms with Gasteiger partial charge in [-0.3, -0.25) is 4.79 Å². The molecular weight excluding hydrogens is 378 g/mol. The number of hydrogen-bond donors (Lipinski definition) is 0. The van der Waals surface area contributed by atoms with Crippen LogP contribution in [0.2, 0.25) is 0 Å². The largest absolute Gasteiger partial charge is 0.383 e. The SMILES string of the molecule is COCCN(CC1CCCN2CCCCC12)C(=O)C1CCN(c2ncccn2)CC1. The van der Waals surface area contributed by atoms with Crippen molar-refractivity contribution in [1.29, 1.82) is 0 Å². The molecule has 0 aromatic carbocycles. The van der Waals surface area contributed by atoms with E-state index in [-0.39, 0.29) is 5.92 Å². The molecule has 3 saturated heterocycles. The molecule has 7 heteroatoms. The van der Waals surface area contributed by atoms with Crippen LogP contribution in [0.5, 0.6) is 0 Å². The number of methoxy groups -OCH3 is 1. The molecule has 0 saturated carbocycles. The average Bonchev–Trinajstić information content (AvgIpc) is 2.82. The zero-order valence-electron chi connectivity index (χ0n) is 18.4. The molecule has 3 aliphatic heterocycles. The lowest BCUT2D eigenvalue weighted by Crippen LogP contribution is -2.53. The Morgan fingerprint density at radius 1 is 1.07 bits per heavy atom. The van der Waals surface area contributed by atoms with Crippen LogP contribution in [-0.4, -0.2) is 84.7 Å². The van der Waals surface area contributed by atoms with Crippen LogP contribution < -0.4 is 4.90 Å². The summed E-state index contributed by atoms with van der Waals surface area (Å²) in [4.78, 5) is 29.2. The number of ether oxygens (including phenoxy) is 1. The number of nitrogens with zero attached hydrogens (tertiary/aromatic N) is 5. The van der Waals surface area contributed by atoms with Gasteiger partial charge in [0.25, 0.3) is 0 Å². The smallest absolute Gasteiger partial charge is 0.225 e. The van der Waals surface area contributed by atoms with Crippen LogP contribution in [-0.2, 0) is 9.53 Å². The Morgan fingerprint density at radius 2 is 1.83 bits per heavy atom. The van der Waals surface area contributed by atoms with Gasteiger partial charge in [-0.15, -0.1) is 0 Å². The van der Waals surface area contributed by atoms with E-state index in [4.69, 9.17) is 4.74 Å². The first-order valence-corrected chi connectivity index (χ1v) is 11.8. The van der Waals surface area contributed by atoms with Crippen LogP contribution in [0.25, 0.3) is 0 Å². The molecule has 1 aromatic rings. The predicted octanol–water partition coefficient (Wildman–Crippen LogP) is 2.43. The van der Waals surface area contributed by atoms with Crippen LogP contribution in [0.1, 0.15) is 44.9 Å².